The molecule has 2 N–H and O–H groups in total. The topological polar surface area (TPSA) is 84.1 Å². The number of para-hydroxylation sites is 1. The molecule has 1 amide bonds. The average molecular weight is 395 g/mol. The monoisotopic (exact) mass is 395 g/mol. The second kappa shape index (κ2) is 9.23. The predicted molar refractivity (Wildman–Crippen MR) is 111 cm³/mol. The Kier molecular flexibility index (Phi) is 6.49. The van der Waals surface area contributed by atoms with Gasteiger partial charge in [0.05, 0.1) is 11.4 Å². The summed E-state index contributed by atoms with van der Waals surface area (Å²) in [5.41, 5.74) is 3.09. The van der Waals surface area contributed by atoms with E-state index in [1.54, 1.807) is 0 Å². The van der Waals surface area contributed by atoms with E-state index in [2.05, 4.69) is 15.3 Å². The molecule has 0 fully saturated rings. The van der Waals surface area contributed by atoms with Gasteiger partial charge in [-0.05, 0) is 43.2 Å². The lowest BCUT2D eigenvalue weighted by molar-refractivity contribution is -0.113. The molecule has 3 rings (SSSR count). The fourth-order valence-corrected chi connectivity index (χ4v) is 3.19. The zero-order chi connectivity index (χ0) is 19.9. The van der Waals surface area contributed by atoms with Crippen molar-refractivity contribution in [1.82, 2.24) is 9.97 Å². The van der Waals surface area contributed by atoms with Crippen molar-refractivity contribution in [2.24, 2.45) is 0 Å². The van der Waals surface area contributed by atoms with E-state index >= 15 is 0 Å². The van der Waals surface area contributed by atoms with E-state index in [4.69, 9.17) is 4.74 Å². The summed E-state index contributed by atoms with van der Waals surface area (Å²) in [6, 6.07) is 16.6. The lowest BCUT2D eigenvalue weighted by Gasteiger charge is -2.09. The minimum absolute atomic E-state index is 0.138. The molecule has 0 spiro atoms. The molecule has 2 aromatic carbocycles. The number of benzene rings is 2. The molecule has 1 aromatic heterocycles. The standard InChI is InChI=1S/C21H21N3O3S/c1-14-8-9-15(2)18(10-14)23-20(26)13-28-21-22-16(11-19(25)24-21)12-27-17-6-4-3-5-7-17/h3-11H,12-13H2,1-2H3,(H,23,26)(H,22,24,25). The number of hydrogen-bond donors (Lipinski definition) is 2. The summed E-state index contributed by atoms with van der Waals surface area (Å²) in [7, 11) is 0. The molecular formula is C21H21N3O3S. The zero-order valence-electron chi connectivity index (χ0n) is 15.7. The number of aromatic nitrogens is 2. The second-order valence-electron chi connectivity index (χ2n) is 6.30. The van der Waals surface area contributed by atoms with Gasteiger partial charge in [0.25, 0.3) is 5.56 Å². The quantitative estimate of drug-likeness (QED) is 0.471. The number of nitrogens with one attached hydrogen (secondary N) is 2. The number of carbonyl (C=O) groups is 1. The first kappa shape index (κ1) is 19.7. The summed E-state index contributed by atoms with van der Waals surface area (Å²) < 4.78 is 5.63. The van der Waals surface area contributed by atoms with E-state index in [9.17, 15) is 9.59 Å². The Balaban J connectivity index is 1.59. The Morgan fingerprint density at radius 2 is 1.93 bits per heavy atom. The van der Waals surface area contributed by atoms with Crippen LogP contribution in [0.4, 0.5) is 5.69 Å². The summed E-state index contributed by atoms with van der Waals surface area (Å²) in [5.74, 6) is 0.679. The number of hydrogen-bond acceptors (Lipinski definition) is 5. The Morgan fingerprint density at radius 1 is 1.14 bits per heavy atom. The van der Waals surface area contributed by atoms with Crippen LogP contribution < -0.4 is 15.6 Å². The number of aryl methyl sites for hydroxylation is 2. The molecule has 0 radical (unpaired) electrons. The van der Waals surface area contributed by atoms with Crippen molar-refractivity contribution in [3.05, 3.63) is 81.8 Å². The van der Waals surface area contributed by atoms with E-state index in [0.29, 0.717) is 16.6 Å². The summed E-state index contributed by atoms with van der Waals surface area (Å²) in [6.07, 6.45) is 0. The SMILES string of the molecule is Cc1ccc(C)c(NC(=O)CSc2nc(COc3ccccc3)cc(=O)[nH]2)c1. The predicted octanol–water partition coefficient (Wildman–Crippen LogP) is 3.70. The van der Waals surface area contributed by atoms with Crippen molar-refractivity contribution in [2.45, 2.75) is 25.6 Å². The van der Waals surface area contributed by atoms with E-state index in [1.807, 2.05) is 62.4 Å². The molecule has 0 aliphatic heterocycles. The van der Waals surface area contributed by atoms with Gasteiger partial charge in [0, 0.05) is 11.8 Å². The maximum Gasteiger partial charge on any atom is 0.251 e. The summed E-state index contributed by atoms with van der Waals surface area (Å²) in [6.45, 7) is 4.09. The van der Waals surface area contributed by atoms with Gasteiger partial charge in [0.2, 0.25) is 5.91 Å². The van der Waals surface area contributed by atoms with Crippen LogP contribution in [0.1, 0.15) is 16.8 Å². The molecule has 0 aliphatic carbocycles. The summed E-state index contributed by atoms with van der Waals surface area (Å²) in [5, 5.41) is 3.28. The number of nitrogens with zero attached hydrogens (tertiary/aromatic N) is 1. The van der Waals surface area contributed by atoms with Crippen LogP contribution in [0.25, 0.3) is 0 Å². The Morgan fingerprint density at radius 3 is 2.71 bits per heavy atom. The van der Waals surface area contributed by atoms with Crippen LogP contribution in [0.3, 0.4) is 0 Å². The van der Waals surface area contributed by atoms with Gasteiger partial charge in [-0.1, -0.05) is 42.1 Å². The average Bonchev–Trinajstić information content (AvgIpc) is 2.68. The van der Waals surface area contributed by atoms with Gasteiger partial charge in [-0.3, -0.25) is 9.59 Å². The largest absolute Gasteiger partial charge is 0.487 e. The lowest BCUT2D eigenvalue weighted by Crippen LogP contribution is -2.17. The Labute approximate surface area is 167 Å². The summed E-state index contributed by atoms with van der Waals surface area (Å²) in [4.78, 5) is 31.1. The van der Waals surface area contributed by atoms with Crippen molar-refractivity contribution < 1.29 is 9.53 Å². The number of aromatic amines is 1. The molecule has 144 valence electrons. The lowest BCUT2D eigenvalue weighted by atomic mass is 10.1. The maximum absolute atomic E-state index is 12.3. The van der Waals surface area contributed by atoms with Crippen LogP contribution in [0, 0.1) is 13.8 Å². The molecule has 0 unspecified atom stereocenters. The zero-order valence-corrected chi connectivity index (χ0v) is 16.5. The highest BCUT2D eigenvalue weighted by Gasteiger charge is 2.09. The van der Waals surface area contributed by atoms with Crippen molar-refractivity contribution in [3.8, 4) is 5.75 Å². The van der Waals surface area contributed by atoms with Crippen molar-refractivity contribution in [3.63, 3.8) is 0 Å². The molecule has 7 heteroatoms. The van der Waals surface area contributed by atoms with Gasteiger partial charge in [-0.15, -0.1) is 0 Å². The Bertz CT molecular complexity index is 1020. The first-order valence-electron chi connectivity index (χ1n) is 8.77. The molecule has 3 aromatic rings. The van der Waals surface area contributed by atoms with E-state index in [-0.39, 0.29) is 23.8 Å². The highest BCUT2D eigenvalue weighted by atomic mass is 32.2. The number of ether oxygens (including phenoxy) is 1. The molecule has 0 saturated carbocycles. The van der Waals surface area contributed by atoms with Gasteiger partial charge < -0.3 is 15.0 Å². The summed E-state index contributed by atoms with van der Waals surface area (Å²) >= 11 is 1.17. The van der Waals surface area contributed by atoms with Crippen LogP contribution in [-0.4, -0.2) is 21.6 Å². The van der Waals surface area contributed by atoms with Gasteiger partial charge in [-0.2, -0.15) is 0 Å². The van der Waals surface area contributed by atoms with Gasteiger partial charge in [0.1, 0.15) is 12.4 Å². The Hall–Kier alpha value is -3.06. The van der Waals surface area contributed by atoms with E-state index < -0.39 is 0 Å². The van der Waals surface area contributed by atoms with Gasteiger partial charge >= 0.3 is 0 Å². The third kappa shape index (κ3) is 5.72. The van der Waals surface area contributed by atoms with Crippen LogP contribution in [0.5, 0.6) is 5.75 Å². The fourth-order valence-electron chi connectivity index (χ4n) is 2.49. The van der Waals surface area contributed by atoms with Crippen LogP contribution in [-0.2, 0) is 11.4 Å². The normalized spacial score (nSPS) is 10.5. The molecule has 0 aliphatic rings. The number of rotatable bonds is 7. The first-order chi connectivity index (χ1) is 13.5. The fraction of sp³-hybridized carbons (Fsp3) is 0.190. The van der Waals surface area contributed by atoms with E-state index in [0.717, 1.165) is 16.8 Å². The second-order valence-corrected chi connectivity index (χ2v) is 7.26. The molecule has 0 atom stereocenters. The van der Waals surface area contributed by atoms with Crippen LogP contribution >= 0.6 is 11.8 Å². The third-order valence-electron chi connectivity index (χ3n) is 3.91. The highest BCUT2D eigenvalue weighted by Crippen LogP contribution is 2.18. The smallest absolute Gasteiger partial charge is 0.251 e. The molecule has 28 heavy (non-hydrogen) atoms. The number of amides is 1. The van der Waals surface area contributed by atoms with Crippen LogP contribution in [0.15, 0.2) is 64.5 Å². The minimum atomic E-state index is -0.279. The molecular weight excluding hydrogens is 374 g/mol. The number of anilines is 1. The third-order valence-corrected chi connectivity index (χ3v) is 4.78. The first-order valence-corrected chi connectivity index (χ1v) is 9.76. The maximum atomic E-state index is 12.3. The van der Waals surface area contributed by atoms with Gasteiger partial charge in [0.15, 0.2) is 5.16 Å². The van der Waals surface area contributed by atoms with Crippen LogP contribution in [0.2, 0.25) is 0 Å². The highest BCUT2D eigenvalue weighted by molar-refractivity contribution is 7.99. The molecule has 0 saturated heterocycles. The van der Waals surface area contributed by atoms with E-state index in [1.165, 1.54) is 17.8 Å². The number of H-pyrrole nitrogens is 1. The molecule has 6 nitrogen and oxygen atoms in total. The number of carbonyl (C=O) groups excluding carboxylic acids is 1. The van der Waals surface area contributed by atoms with Crippen molar-refractivity contribution >= 4 is 23.4 Å². The molecule has 0 bridgehead atoms. The molecule has 1 heterocycles. The minimum Gasteiger partial charge on any atom is -0.487 e. The number of thioether (sulfide) groups is 1. The van der Waals surface area contributed by atoms with Gasteiger partial charge in [-0.25, -0.2) is 4.98 Å². The van der Waals surface area contributed by atoms with Crippen molar-refractivity contribution in [1.29, 1.82) is 0 Å². The van der Waals surface area contributed by atoms with Crippen molar-refractivity contribution in [2.75, 3.05) is 11.1 Å².